The molecule has 1 aromatic heterocycles. The summed E-state index contributed by atoms with van der Waals surface area (Å²) in [6.45, 7) is 19.9. The maximum Gasteiger partial charge on any atom is 0.108 e. The number of allylic oxidation sites excluding steroid dienone is 1. The zero-order chi connectivity index (χ0) is 29.3. The molecule has 2 aliphatic heterocycles. The van der Waals surface area contributed by atoms with Crippen LogP contribution in [-0.4, -0.2) is 44.7 Å². The Hall–Kier alpha value is -2.18. The smallest absolute Gasteiger partial charge is 0.108 e. The van der Waals surface area contributed by atoms with Crippen LogP contribution in [0.2, 0.25) is 0 Å². The molecule has 0 bridgehead atoms. The Morgan fingerprint density at radius 3 is 2.62 bits per heavy atom. The molecule has 11 atom stereocenters. The van der Waals surface area contributed by atoms with Gasteiger partial charge in [0.25, 0.3) is 0 Å². The first-order chi connectivity index (χ1) is 19.8. The molecule has 3 saturated carbocycles. The lowest BCUT2D eigenvalue weighted by Gasteiger charge is -2.65. The van der Waals surface area contributed by atoms with Crippen molar-refractivity contribution in [2.45, 2.75) is 120 Å². The molecule has 9 rings (SSSR count). The Morgan fingerprint density at radius 1 is 1.07 bits per heavy atom. The lowest BCUT2D eigenvalue weighted by molar-refractivity contribution is -0.215. The van der Waals surface area contributed by atoms with Gasteiger partial charge in [0.1, 0.15) is 12.2 Å². The van der Waals surface area contributed by atoms with Crippen molar-refractivity contribution in [3.05, 3.63) is 70.5 Å². The van der Waals surface area contributed by atoms with Gasteiger partial charge in [-0.25, -0.2) is 0 Å². The molecule has 42 heavy (non-hydrogen) atoms. The van der Waals surface area contributed by atoms with E-state index in [1.165, 1.54) is 33.3 Å². The molecule has 3 N–H and O–H groups in total. The number of ether oxygens (including phenoxy) is 2. The van der Waals surface area contributed by atoms with Crippen molar-refractivity contribution in [3.8, 4) is 0 Å². The molecule has 5 aliphatic carbocycles. The molecule has 1 aromatic carbocycles. The topological polar surface area (TPSA) is 74.7 Å². The van der Waals surface area contributed by atoms with Gasteiger partial charge >= 0.3 is 0 Å². The zero-order valence-corrected chi connectivity index (χ0v) is 25.7. The fourth-order valence-corrected chi connectivity index (χ4v) is 11.7. The number of aliphatic hydroxyl groups excluding tert-OH is 1. The number of aliphatic hydroxyl groups is 2. The Bertz CT molecular complexity index is 1650. The van der Waals surface area contributed by atoms with E-state index in [4.69, 9.17) is 9.47 Å². The van der Waals surface area contributed by atoms with Crippen LogP contribution in [0.15, 0.2) is 48.1 Å². The van der Waals surface area contributed by atoms with E-state index in [2.05, 4.69) is 58.0 Å². The highest BCUT2D eigenvalue weighted by atomic mass is 16.5. The number of nitrogens with one attached hydrogen (secondary N) is 1. The predicted octanol–water partition coefficient (Wildman–Crippen LogP) is 6.69. The van der Waals surface area contributed by atoms with Crippen LogP contribution in [0.5, 0.6) is 0 Å². The van der Waals surface area contributed by atoms with Gasteiger partial charge in [-0.15, -0.1) is 0 Å². The number of rotatable bonds is 1. The minimum absolute atomic E-state index is 0.0144. The van der Waals surface area contributed by atoms with Gasteiger partial charge in [-0.2, -0.15) is 0 Å². The Balaban J connectivity index is 1.27. The van der Waals surface area contributed by atoms with Crippen molar-refractivity contribution < 1.29 is 19.7 Å². The molecule has 0 radical (unpaired) electrons. The highest BCUT2D eigenvalue weighted by Crippen LogP contribution is 2.74. The van der Waals surface area contributed by atoms with Crippen LogP contribution in [0.25, 0.3) is 10.9 Å². The molecule has 3 heterocycles. The van der Waals surface area contributed by atoms with Crippen LogP contribution >= 0.6 is 0 Å². The third kappa shape index (κ3) is 2.70. The van der Waals surface area contributed by atoms with Crippen LogP contribution in [0.4, 0.5) is 0 Å². The summed E-state index contributed by atoms with van der Waals surface area (Å²) in [6.07, 6.45) is 5.79. The predicted molar refractivity (Wildman–Crippen MR) is 163 cm³/mol. The Labute approximate surface area is 249 Å². The minimum atomic E-state index is -1.08. The molecule has 0 spiro atoms. The summed E-state index contributed by atoms with van der Waals surface area (Å²) in [7, 11) is 0. The molecule has 222 valence electrons. The average Bonchev–Trinajstić information content (AvgIpc) is 3.38. The molecule has 3 fully saturated rings. The summed E-state index contributed by atoms with van der Waals surface area (Å²) in [5, 5.41) is 25.5. The normalized spacial score (nSPS) is 47.4. The molecule has 5 heteroatoms. The van der Waals surface area contributed by atoms with E-state index in [0.717, 1.165) is 43.3 Å². The maximum atomic E-state index is 13.0. The van der Waals surface area contributed by atoms with Gasteiger partial charge in [-0.1, -0.05) is 38.6 Å². The minimum Gasteiger partial charge on any atom is -0.386 e. The van der Waals surface area contributed by atoms with E-state index >= 15 is 0 Å². The first-order valence-electron chi connectivity index (χ1n) is 16.3. The van der Waals surface area contributed by atoms with E-state index in [1.807, 2.05) is 13.0 Å². The van der Waals surface area contributed by atoms with Crippen LogP contribution in [0, 0.1) is 23.2 Å². The third-order valence-corrected chi connectivity index (χ3v) is 14.1. The lowest BCUT2D eigenvalue weighted by atomic mass is 9.42. The van der Waals surface area contributed by atoms with Crippen LogP contribution in [0.3, 0.4) is 0 Å². The Morgan fingerprint density at radius 2 is 1.86 bits per heavy atom. The molecule has 0 amide bonds. The monoisotopic (exact) mass is 567 g/mol. The van der Waals surface area contributed by atoms with Gasteiger partial charge in [0.05, 0.1) is 23.4 Å². The highest BCUT2D eigenvalue weighted by Gasteiger charge is 2.73. The van der Waals surface area contributed by atoms with Crippen molar-refractivity contribution in [1.82, 2.24) is 4.98 Å². The summed E-state index contributed by atoms with van der Waals surface area (Å²) >= 11 is 0. The molecular weight excluding hydrogens is 522 g/mol. The van der Waals surface area contributed by atoms with E-state index in [1.54, 1.807) is 5.56 Å². The van der Waals surface area contributed by atoms with Crippen molar-refractivity contribution in [1.29, 1.82) is 0 Å². The summed E-state index contributed by atoms with van der Waals surface area (Å²) in [4.78, 5) is 4.00. The molecule has 7 aliphatic rings. The molecule has 0 saturated heterocycles. The van der Waals surface area contributed by atoms with Gasteiger partial charge in [0, 0.05) is 38.9 Å². The van der Waals surface area contributed by atoms with Crippen LogP contribution in [0.1, 0.15) is 101 Å². The second-order valence-corrected chi connectivity index (χ2v) is 16.0. The van der Waals surface area contributed by atoms with Crippen molar-refractivity contribution >= 4 is 10.9 Å². The first kappa shape index (κ1) is 26.2. The number of aromatic amines is 1. The first-order valence-corrected chi connectivity index (χ1v) is 16.3. The SMILES string of the molecule is C=C1Cc2ccc3[nH]c4c5c3c2[C@H]2[C@@H](C[C@@H]12)C(C)(C)O[C@@H]5[C@@H]1CC[C@@]2(O)C3=C[C@@H](O)[C@H](C(=C)C)O[C@@H]3CC[C@]2(C)[C@]41C. The van der Waals surface area contributed by atoms with Gasteiger partial charge in [0.15, 0.2) is 0 Å². The fourth-order valence-electron chi connectivity index (χ4n) is 11.7. The zero-order valence-electron chi connectivity index (χ0n) is 25.7. The van der Waals surface area contributed by atoms with Gasteiger partial charge in [-0.3, -0.25) is 0 Å². The van der Waals surface area contributed by atoms with Crippen molar-refractivity contribution in [2.75, 3.05) is 0 Å². The Kier molecular flexibility index (Phi) is 4.82. The van der Waals surface area contributed by atoms with E-state index in [0.29, 0.717) is 24.2 Å². The number of fused-ring (bicyclic) bond motifs is 7. The summed E-state index contributed by atoms with van der Waals surface area (Å²) in [5.41, 5.74) is 7.80. The van der Waals surface area contributed by atoms with Gasteiger partial charge < -0.3 is 24.7 Å². The largest absolute Gasteiger partial charge is 0.386 e. The van der Waals surface area contributed by atoms with Crippen molar-refractivity contribution in [2.24, 2.45) is 23.2 Å². The quantitative estimate of drug-likeness (QED) is 0.336. The molecular formula is C37H45NO4. The summed E-state index contributed by atoms with van der Waals surface area (Å²) in [5.74, 6) is 1.74. The van der Waals surface area contributed by atoms with Crippen molar-refractivity contribution in [3.63, 3.8) is 0 Å². The number of hydrogen-bond donors (Lipinski definition) is 3. The summed E-state index contributed by atoms with van der Waals surface area (Å²) in [6, 6.07) is 4.63. The number of H-pyrrole nitrogens is 1. The van der Waals surface area contributed by atoms with E-state index in [-0.39, 0.29) is 29.1 Å². The second kappa shape index (κ2) is 7.72. The average molecular weight is 568 g/mol. The maximum absolute atomic E-state index is 13.0. The fraction of sp³-hybridized carbons (Fsp3) is 0.622. The van der Waals surface area contributed by atoms with E-state index < -0.39 is 23.2 Å². The van der Waals surface area contributed by atoms with E-state index in [9.17, 15) is 10.2 Å². The number of benzene rings is 1. The number of aromatic nitrogens is 1. The van der Waals surface area contributed by atoms with Crippen LogP contribution < -0.4 is 0 Å². The molecule has 2 aromatic rings. The number of hydrogen-bond acceptors (Lipinski definition) is 4. The summed E-state index contributed by atoms with van der Waals surface area (Å²) < 4.78 is 13.9. The van der Waals surface area contributed by atoms with Gasteiger partial charge in [0.2, 0.25) is 0 Å². The van der Waals surface area contributed by atoms with Gasteiger partial charge in [-0.05, 0) is 111 Å². The highest BCUT2D eigenvalue weighted by molar-refractivity contribution is 5.92. The second-order valence-electron chi connectivity index (χ2n) is 16.0. The molecule has 0 unspecified atom stereocenters. The lowest BCUT2D eigenvalue weighted by Crippen LogP contribution is -2.68. The standard InChI is InChI=1S/C37H45NO4/c1-17(2)31-25(39)16-22-26(41-31)11-12-35(6)36(7)21(10-13-37(22,35)40)32-30-29-24(38-33(30)36)9-8-19-14-18(3)20-15-23(28(20)27(19)29)34(4,5)42-32/h8-9,16,20-21,23,25-26,28,31-32,38-40H,1,3,10-15H2,2,4-7H3/t20-,21-,23+,25+,26+,28+,31-,32+,35+,36-,37+/m0/s1. The molecule has 5 nitrogen and oxygen atoms in total. The van der Waals surface area contributed by atoms with Crippen LogP contribution in [-0.2, 0) is 21.3 Å². The third-order valence-electron chi connectivity index (χ3n) is 14.1.